The normalized spacial score (nSPS) is 38.4. The molecule has 0 spiro atoms. The van der Waals surface area contributed by atoms with Gasteiger partial charge in [0.15, 0.2) is 0 Å². The fourth-order valence-corrected chi connectivity index (χ4v) is 2.28. The highest BCUT2D eigenvalue weighted by molar-refractivity contribution is 5.81. The lowest BCUT2D eigenvalue weighted by molar-refractivity contribution is -0.118. The SMILES string of the molecule is CCC(C)C1C(C)C1C(C)=O. The topological polar surface area (TPSA) is 17.1 Å². The van der Waals surface area contributed by atoms with Crippen molar-refractivity contribution in [1.82, 2.24) is 0 Å². The lowest BCUT2D eigenvalue weighted by Gasteiger charge is -2.05. The first kappa shape index (κ1) is 8.76. The Labute approximate surface area is 69.2 Å². The van der Waals surface area contributed by atoms with Gasteiger partial charge in [-0.2, -0.15) is 0 Å². The van der Waals surface area contributed by atoms with Gasteiger partial charge in [-0.15, -0.1) is 0 Å². The summed E-state index contributed by atoms with van der Waals surface area (Å²) in [6, 6.07) is 0. The molecule has 11 heavy (non-hydrogen) atoms. The van der Waals surface area contributed by atoms with Crippen molar-refractivity contribution in [2.75, 3.05) is 0 Å². The number of hydrogen-bond acceptors (Lipinski definition) is 1. The van der Waals surface area contributed by atoms with E-state index in [9.17, 15) is 4.79 Å². The quantitative estimate of drug-likeness (QED) is 0.610. The predicted octanol–water partition coefficient (Wildman–Crippen LogP) is 2.50. The molecule has 1 nitrogen and oxygen atoms in total. The van der Waals surface area contributed by atoms with E-state index in [1.807, 2.05) is 0 Å². The van der Waals surface area contributed by atoms with Crippen molar-refractivity contribution in [3.63, 3.8) is 0 Å². The second-order valence-electron chi connectivity index (χ2n) is 3.96. The molecule has 1 saturated carbocycles. The lowest BCUT2D eigenvalue weighted by Crippen LogP contribution is -2.02. The monoisotopic (exact) mass is 154 g/mol. The van der Waals surface area contributed by atoms with E-state index in [0.29, 0.717) is 23.5 Å². The minimum atomic E-state index is 0.391. The van der Waals surface area contributed by atoms with Crippen molar-refractivity contribution in [3.8, 4) is 0 Å². The van der Waals surface area contributed by atoms with Crippen LogP contribution in [0.2, 0.25) is 0 Å². The molecule has 1 fully saturated rings. The maximum absolute atomic E-state index is 11.0. The highest BCUT2D eigenvalue weighted by atomic mass is 16.1. The van der Waals surface area contributed by atoms with Gasteiger partial charge in [-0.1, -0.05) is 27.2 Å². The first-order valence-corrected chi connectivity index (χ1v) is 4.60. The molecule has 0 heterocycles. The lowest BCUT2D eigenvalue weighted by atomic mass is 10.0. The Balaban J connectivity index is 2.47. The van der Waals surface area contributed by atoms with Crippen molar-refractivity contribution in [2.24, 2.45) is 23.7 Å². The van der Waals surface area contributed by atoms with E-state index < -0.39 is 0 Å². The molecule has 1 heteroatoms. The molecule has 0 amide bonds. The van der Waals surface area contributed by atoms with Gasteiger partial charge in [0, 0.05) is 5.92 Å². The highest BCUT2D eigenvalue weighted by Gasteiger charge is 2.51. The summed E-state index contributed by atoms with van der Waals surface area (Å²) in [7, 11) is 0. The Morgan fingerprint density at radius 1 is 1.55 bits per heavy atom. The van der Waals surface area contributed by atoms with Crippen molar-refractivity contribution < 1.29 is 4.79 Å². The van der Waals surface area contributed by atoms with E-state index >= 15 is 0 Å². The molecule has 0 aromatic heterocycles. The van der Waals surface area contributed by atoms with Gasteiger partial charge >= 0.3 is 0 Å². The highest BCUT2D eigenvalue weighted by Crippen LogP contribution is 2.51. The summed E-state index contributed by atoms with van der Waals surface area (Å²) in [5.41, 5.74) is 0. The zero-order valence-electron chi connectivity index (χ0n) is 7.92. The number of Topliss-reactive ketones (excluding diaryl/α,β-unsaturated/α-hetero) is 1. The minimum Gasteiger partial charge on any atom is -0.300 e. The van der Waals surface area contributed by atoms with E-state index in [-0.39, 0.29) is 0 Å². The van der Waals surface area contributed by atoms with Gasteiger partial charge in [-0.3, -0.25) is 4.79 Å². The molecule has 4 unspecified atom stereocenters. The van der Waals surface area contributed by atoms with Crippen molar-refractivity contribution in [3.05, 3.63) is 0 Å². The summed E-state index contributed by atoms with van der Waals surface area (Å²) in [5, 5.41) is 0. The second kappa shape index (κ2) is 2.96. The van der Waals surface area contributed by atoms with E-state index in [0.717, 1.165) is 5.92 Å². The molecular weight excluding hydrogens is 136 g/mol. The average molecular weight is 154 g/mol. The van der Waals surface area contributed by atoms with Crippen LogP contribution in [0, 0.1) is 23.7 Å². The van der Waals surface area contributed by atoms with Crippen LogP contribution in [-0.2, 0) is 4.79 Å². The zero-order valence-corrected chi connectivity index (χ0v) is 7.92. The zero-order chi connectivity index (χ0) is 8.59. The van der Waals surface area contributed by atoms with Crippen LogP contribution in [0.15, 0.2) is 0 Å². The summed E-state index contributed by atoms with van der Waals surface area (Å²) in [6.45, 7) is 8.38. The Hall–Kier alpha value is -0.330. The van der Waals surface area contributed by atoms with Gasteiger partial charge in [-0.25, -0.2) is 0 Å². The number of hydrogen-bond donors (Lipinski definition) is 0. The molecule has 0 aromatic carbocycles. The van der Waals surface area contributed by atoms with Crippen LogP contribution in [0.3, 0.4) is 0 Å². The number of carbonyl (C=O) groups is 1. The van der Waals surface area contributed by atoms with E-state index in [2.05, 4.69) is 20.8 Å². The number of ketones is 1. The van der Waals surface area contributed by atoms with E-state index in [1.54, 1.807) is 6.92 Å². The van der Waals surface area contributed by atoms with Crippen LogP contribution in [0.1, 0.15) is 34.1 Å². The van der Waals surface area contributed by atoms with Crippen molar-refractivity contribution in [1.29, 1.82) is 0 Å². The molecule has 1 aliphatic rings. The van der Waals surface area contributed by atoms with Crippen LogP contribution in [0.25, 0.3) is 0 Å². The van der Waals surface area contributed by atoms with Crippen molar-refractivity contribution >= 4 is 5.78 Å². The molecular formula is C10H18O. The van der Waals surface area contributed by atoms with E-state index in [4.69, 9.17) is 0 Å². The van der Waals surface area contributed by atoms with Crippen LogP contribution in [-0.4, -0.2) is 5.78 Å². The molecule has 0 radical (unpaired) electrons. The smallest absolute Gasteiger partial charge is 0.133 e. The first-order valence-electron chi connectivity index (χ1n) is 4.60. The van der Waals surface area contributed by atoms with Gasteiger partial charge in [0.1, 0.15) is 5.78 Å². The second-order valence-corrected chi connectivity index (χ2v) is 3.96. The van der Waals surface area contributed by atoms with E-state index in [1.165, 1.54) is 6.42 Å². The maximum atomic E-state index is 11.0. The summed E-state index contributed by atoms with van der Waals surface area (Å²) < 4.78 is 0. The van der Waals surface area contributed by atoms with Crippen molar-refractivity contribution in [2.45, 2.75) is 34.1 Å². The summed E-state index contributed by atoms with van der Waals surface area (Å²) in [4.78, 5) is 11.0. The largest absolute Gasteiger partial charge is 0.300 e. The Kier molecular flexibility index (Phi) is 2.36. The molecule has 0 aromatic rings. The summed E-state index contributed by atoms with van der Waals surface area (Å²) in [6.07, 6.45) is 1.21. The predicted molar refractivity (Wildman–Crippen MR) is 46.3 cm³/mol. The van der Waals surface area contributed by atoms with Crippen LogP contribution < -0.4 is 0 Å². The summed E-state index contributed by atoms with van der Waals surface area (Å²) in [5.74, 6) is 2.87. The Morgan fingerprint density at radius 2 is 2.09 bits per heavy atom. The molecule has 1 aliphatic carbocycles. The maximum Gasteiger partial charge on any atom is 0.133 e. The minimum absolute atomic E-state index is 0.391. The Bertz CT molecular complexity index is 162. The van der Waals surface area contributed by atoms with Gasteiger partial charge in [-0.05, 0) is 24.7 Å². The van der Waals surface area contributed by atoms with Gasteiger partial charge in [0.25, 0.3) is 0 Å². The molecule has 0 bridgehead atoms. The third-order valence-electron chi connectivity index (χ3n) is 3.22. The van der Waals surface area contributed by atoms with Gasteiger partial charge < -0.3 is 0 Å². The summed E-state index contributed by atoms with van der Waals surface area (Å²) >= 11 is 0. The third kappa shape index (κ3) is 1.47. The number of rotatable bonds is 3. The first-order chi connectivity index (χ1) is 5.09. The fourth-order valence-electron chi connectivity index (χ4n) is 2.28. The van der Waals surface area contributed by atoms with Crippen LogP contribution in [0.4, 0.5) is 0 Å². The molecule has 0 N–H and O–H groups in total. The van der Waals surface area contributed by atoms with Crippen LogP contribution >= 0.6 is 0 Å². The standard InChI is InChI=1S/C10H18O/c1-5-6(2)9-7(3)10(9)8(4)11/h6-7,9-10H,5H2,1-4H3. The molecule has 64 valence electrons. The van der Waals surface area contributed by atoms with Gasteiger partial charge in [0.2, 0.25) is 0 Å². The molecule has 1 rings (SSSR count). The molecule has 0 saturated heterocycles. The average Bonchev–Trinajstić information content (AvgIpc) is 2.60. The molecule has 4 atom stereocenters. The van der Waals surface area contributed by atoms with Crippen LogP contribution in [0.5, 0.6) is 0 Å². The molecule has 0 aliphatic heterocycles. The third-order valence-corrected chi connectivity index (χ3v) is 3.22. The fraction of sp³-hybridized carbons (Fsp3) is 0.900. The number of carbonyl (C=O) groups excluding carboxylic acids is 1. The Morgan fingerprint density at radius 3 is 2.36 bits per heavy atom. The van der Waals surface area contributed by atoms with Gasteiger partial charge in [0.05, 0.1) is 0 Å².